The van der Waals surface area contributed by atoms with Crippen molar-refractivity contribution in [3.63, 3.8) is 0 Å². The molecule has 0 bridgehead atoms. The molecule has 1 N–H and O–H groups in total. The van der Waals surface area contributed by atoms with E-state index in [0.717, 1.165) is 33.3 Å². The van der Waals surface area contributed by atoms with Crippen LogP contribution in [0, 0.1) is 17.1 Å². The summed E-state index contributed by atoms with van der Waals surface area (Å²) in [6, 6.07) is 21.7. The number of hydrogen-bond donors (Lipinski definition) is 1. The zero-order valence-electron chi connectivity index (χ0n) is 18.5. The first kappa shape index (κ1) is 22.4. The van der Waals surface area contributed by atoms with Crippen molar-refractivity contribution in [2.75, 3.05) is 5.32 Å². The number of ether oxygens (including phenoxy) is 1. The zero-order chi connectivity index (χ0) is 24.2. The van der Waals surface area contributed by atoms with E-state index in [1.807, 2.05) is 47.3 Å². The van der Waals surface area contributed by atoms with Crippen molar-refractivity contribution < 1.29 is 9.13 Å². The van der Waals surface area contributed by atoms with Gasteiger partial charge < -0.3 is 14.6 Å². The highest BCUT2D eigenvalue weighted by Crippen LogP contribution is 2.32. The number of benzene rings is 3. The molecule has 0 spiro atoms. The summed E-state index contributed by atoms with van der Waals surface area (Å²) in [4.78, 5) is 8.80. The van der Waals surface area contributed by atoms with Gasteiger partial charge in [-0.25, -0.2) is 14.4 Å². The minimum absolute atomic E-state index is 0.208. The summed E-state index contributed by atoms with van der Waals surface area (Å²) in [6.07, 6.45) is 5.32. The van der Waals surface area contributed by atoms with E-state index in [4.69, 9.17) is 21.6 Å². The van der Waals surface area contributed by atoms with E-state index >= 15 is 0 Å². The van der Waals surface area contributed by atoms with Crippen LogP contribution in [0.2, 0.25) is 5.02 Å². The molecule has 0 fully saturated rings. The predicted octanol–water partition coefficient (Wildman–Crippen LogP) is 6.74. The van der Waals surface area contributed by atoms with Crippen LogP contribution in [0.3, 0.4) is 0 Å². The van der Waals surface area contributed by atoms with Crippen molar-refractivity contribution in [3.05, 3.63) is 102 Å². The lowest BCUT2D eigenvalue weighted by Crippen LogP contribution is -1.99. The average molecular weight is 484 g/mol. The molecule has 0 radical (unpaired) electrons. The van der Waals surface area contributed by atoms with Crippen LogP contribution in [0.1, 0.15) is 5.56 Å². The number of nitrogens with one attached hydrogen (secondary N) is 1. The second-order valence-electron chi connectivity index (χ2n) is 7.87. The zero-order valence-corrected chi connectivity index (χ0v) is 19.2. The first-order chi connectivity index (χ1) is 17.1. The van der Waals surface area contributed by atoms with Crippen LogP contribution >= 0.6 is 11.6 Å². The number of rotatable bonds is 7. The maximum Gasteiger partial charge on any atom is 0.141 e. The highest BCUT2D eigenvalue weighted by atomic mass is 35.5. The highest BCUT2D eigenvalue weighted by molar-refractivity contribution is 6.32. The molecule has 3 aromatic carbocycles. The summed E-state index contributed by atoms with van der Waals surface area (Å²) in [6.45, 7) is 0.506. The van der Waals surface area contributed by atoms with Crippen LogP contribution in [0.5, 0.6) is 5.75 Å². The van der Waals surface area contributed by atoms with Gasteiger partial charge in [0, 0.05) is 23.5 Å². The van der Waals surface area contributed by atoms with Crippen LogP contribution in [0.4, 0.5) is 15.9 Å². The monoisotopic (exact) mass is 483 g/mol. The third kappa shape index (κ3) is 5.08. The third-order valence-corrected chi connectivity index (χ3v) is 5.75. The molecule has 0 saturated heterocycles. The normalized spacial score (nSPS) is 10.8. The average Bonchev–Trinajstić information content (AvgIpc) is 3.32. The molecule has 0 unspecified atom stereocenters. The van der Waals surface area contributed by atoms with Crippen molar-refractivity contribution >= 4 is 34.0 Å². The van der Waals surface area contributed by atoms with Gasteiger partial charge in [-0.1, -0.05) is 29.8 Å². The first-order valence-electron chi connectivity index (χ1n) is 10.8. The summed E-state index contributed by atoms with van der Waals surface area (Å²) in [5.41, 5.74) is 4.24. The van der Waals surface area contributed by atoms with E-state index in [1.54, 1.807) is 24.3 Å². The van der Waals surface area contributed by atoms with Crippen LogP contribution in [0.25, 0.3) is 22.0 Å². The van der Waals surface area contributed by atoms with Gasteiger partial charge in [-0.2, -0.15) is 5.26 Å². The molecule has 0 aliphatic heterocycles. The maximum atomic E-state index is 13.4. The molecular weight excluding hydrogens is 465 g/mol. The Morgan fingerprint density at radius 1 is 1.03 bits per heavy atom. The Kier molecular flexibility index (Phi) is 6.29. The molecule has 8 heteroatoms. The molecule has 0 saturated carbocycles. The SMILES string of the molecule is N#CCn1ccc(-c2ccc3ncnc(Nc4ccc(OCc5cccc(F)c5)c(Cl)c4)c3c2)c1. The second-order valence-corrected chi connectivity index (χ2v) is 8.28. The minimum Gasteiger partial charge on any atom is -0.487 e. The Balaban J connectivity index is 1.37. The lowest BCUT2D eigenvalue weighted by molar-refractivity contribution is 0.306. The molecule has 2 aromatic heterocycles. The van der Waals surface area contributed by atoms with Gasteiger partial charge in [0.05, 0.1) is 16.6 Å². The van der Waals surface area contributed by atoms with E-state index in [1.165, 1.54) is 18.5 Å². The lowest BCUT2D eigenvalue weighted by atomic mass is 10.1. The quantitative estimate of drug-likeness (QED) is 0.277. The lowest BCUT2D eigenvalue weighted by Gasteiger charge is -2.12. The van der Waals surface area contributed by atoms with E-state index in [2.05, 4.69) is 21.4 Å². The Hall–Kier alpha value is -4.41. The van der Waals surface area contributed by atoms with Gasteiger partial charge in [-0.3, -0.25) is 0 Å². The van der Waals surface area contributed by atoms with Gasteiger partial charge in [-0.15, -0.1) is 0 Å². The summed E-state index contributed by atoms with van der Waals surface area (Å²) in [7, 11) is 0. The second kappa shape index (κ2) is 9.84. The van der Waals surface area contributed by atoms with Gasteiger partial charge in [0.25, 0.3) is 0 Å². The standard InChI is InChI=1S/C27H19ClFN5O/c28-24-14-22(5-7-26(24)35-16-18-2-1-3-21(29)12-18)33-27-23-13-19(4-6-25(23)31-17-32-27)20-8-10-34(15-20)11-9-30/h1-8,10,12-15,17H,11,16H2,(H,31,32,33). The van der Waals surface area contributed by atoms with Crippen LogP contribution < -0.4 is 10.1 Å². The third-order valence-electron chi connectivity index (χ3n) is 5.45. The van der Waals surface area contributed by atoms with Crippen molar-refractivity contribution in [2.45, 2.75) is 13.2 Å². The largest absolute Gasteiger partial charge is 0.487 e. The summed E-state index contributed by atoms with van der Waals surface area (Å²) in [5.74, 6) is 0.827. The van der Waals surface area contributed by atoms with E-state index < -0.39 is 0 Å². The Bertz CT molecular complexity index is 1560. The predicted molar refractivity (Wildman–Crippen MR) is 134 cm³/mol. The molecule has 2 heterocycles. The van der Waals surface area contributed by atoms with Gasteiger partial charge in [0.2, 0.25) is 0 Å². The van der Waals surface area contributed by atoms with Gasteiger partial charge in [0.1, 0.15) is 36.9 Å². The minimum atomic E-state index is -0.309. The van der Waals surface area contributed by atoms with Gasteiger partial charge in [0.15, 0.2) is 0 Å². The summed E-state index contributed by atoms with van der Waals surface area (Å²) in [5, 5.41) is 13.5. The topological polar surface area (TPSA) is 75.8 Å². The molecule has 0 aliphatic carbocycles. The fourth-order valence-corrected chi connectivity index (χ4v) is 3.98. The van der Waals surface area contributed by atoms with E-state index in [-0.39, 0.29) is 12.4 Å². The number of aromatic nitrogens is 3. The molecular formula is C27H19ClFN5O. The highest BCUT2D eigenvalue weighted by Gasteiger charge is 2.10. The smallest absolute Gasteiger partial charge is 0.141 e. The number of hydrogen-bond acceptors (Lipinski definition) is 5. The summed E-state index contributed by atoms with van der Waals surface area (Å²) < 4.78 is 21.0. The van der Waals surface area contributed by atoms with Crippen molar-refractivity contribution in [3.8, 4) is 22.9 Å². The van der Waals surface area contributed by atoms with Crippen LogP contribution in [-0.4, -0.2) is 14.5 Å². The fraction of sp³-hybridized carbons (Fsp3) is 0.0741. The van der Waals surface area contributed by atoms with E-state index in [0.29, 0.717) is 23.1 Å². The molecule has 172 valence electrons. The fourth-order valence-electron chi connectivity index (χ4n) is 3.75. The van der Waals surface area contributed by atoms with Gasteiger partial charge >= 0.3 is 0 Å². The number of nitrogens with zero attached hydrogens (tertiary/aromatic N) is 4. The molecule has 0 amide bonds. The number of anilines is 2. The first-order valence-corrected chi connectivity index (χ1v) is 11.2. The van der Waals surface area contributed by atoms with Crippen molar-refractivity contribution in [1.82, 2.24) is 14.5 Å². The Morgan fingerprint density at radius 3 is 2.77 bits per heavy atom. The Morgan fingerprint density at radius 2 is 1.94 bits per heavy atom. The number of fused-ring (bicyclic) bond motifs is 1. The Labute approximate surface area is 206 Å². The van der Waals surface area contributed by atoms with Crippen molar-refractivity contribution in [2.24, 2.45) is 0 Å². The molecule has 5 aromatic rings. The molecule has 0 atom stereocenters. The van der Waals surface area contributed by atoms with Crippen LogP contribution in [-0.2, 0) is 13.2 Å². The maximum absolute atomic E-state index is 13.4. The van der Waals surface area contributed by atoms with Gasteiger partial charge in [-0.05, 0) is 65.2 Å². The molecule has 0 aliphatic rings. The van der Waals surface area contributed by atoms with E-state index in [9.17, 15) is 4.39 Å². The number of halogens is 2. The molecule has 5 rings (SSSR count). The van der Waals surface area contributed by atoms with Crippen molar-refractivity contribution in [1.29, 1.82) is 5.26 Å². The molecule has 35 heavy (non-hydrogen) atoms. The van der Waals surface area contributed by atoms with Crippen LogP contribution in [0.15, 0.2) is 85.5 Å². The molecule has 6 nitrogen and oxygen atoms in total. The summed E-state index contributed by atoms with van der Waals surface area (Å²) >= 11 is 6.45. The number of nitriles is 1.